The fraction of sp³-hybridized carbons (Fsp3) is 0.882. The Morgan fingerprint density at radius 1 is 1.22 bits per heavy atom. The first-order valence-electron chi connectivity index (χ1n) is 8.17. The van der Waals surface area contributed by atoms with Gasteiger partial charge in [-0.2, -0.15) is 0 Å². The van der Waals surface area contributed by atoms with Gasteiger partial charge in [-0.05, 0) is 32.0 Å². The molecule has 0 aromatic heterocycles. The van der Waals surface area contributed by atoms with Gasteiger partial charge in [0.1, 0.15) is 24.9 Å². The number of rotatable bonds is 5. The minimum atomic E-state index is -1.86. The number of hydrogen-bond acceptors (Lipinski definition) is 5. The maximum Gasteiger partial charge on any atom is 0.192 e. The highest BCUT2D eigenvalue weighted by Crippen LogP contribution is 2.40. The first-order chi connectivity index (χ1) is 10.5. The molecule has 2 heterocycles. The third-order valence-corrected chi connectivity index (χ3v) is 9.36. The molecule has 0 bridgehead atoms. The molecule has 23 heavy (non-hydrogen) atoms. The van der Waals surface area contributed by atoms with Gasteiger partial charge in [-0.15, -0.1) is 6.42 Å². The Kier molecular flexibility index (Phi) is 5.32. The highest BCUT2D eigenvalue weighted by Gasteiger charge is 2.55. The second-order valence-corrected chi connectivity index (χ2v) is 13.0. The van der Waals surface area contributed by atoms with Crippen molar-refractivity contribution in [2.75, 3.05) is 13.2 Å². The lowest BCUT2D eigenvalue weighted by Crippen LogP contribution is -2.45. The Morgan fingerprint density at radius 2 is 1.87 bits per heavy atom. The first-order valence-corrected chi connectivity index (χ1v) is 11.1. The van der Waals surface area contributed by atoms with Crippen LogP contribution < -0.4 is 0 Å². The van der Waals surface area contributed by atoms with Gasteiger partial charge in [-0.3, -0.25) is 0 Å². The average molecular weight is 343 g/mol. The molecule has 5 nitrogen and oxygen atoms in total. The Labute approximate surface area is 141 Å². The highest BCUT2D eigenvalue weighted by molar-refractivity contribution is 6.74. The molecular weight excluding hydrogens is 312 g/mol. The lowest BCUT2D eigenvalue weighted by molar-refractivity contribution is -0.220. The third kappa shape index (κ3) is 4.16. The van der Waals surface area contributed by atoms with Crippen molar-refractivity contribution >= 4 is 8.32 Å². The van der Waals surface area contributed by atoms with Gasteiger partial charge in [0.2, 0.25) is 0 Å². The molecule has 0 unspecified atom stereocenters. The van der Waals surface area contributed by atoms with Crippen LogP contribution in [0, 0.1) is 12.3 Å². The van der Waals surface area contributed by atoms with E-state index in [9.17, 15) is 0 Å². The summed E-state index contributed by atoms with van der Waals surface area (Å²) in [7, 11) is -1.86. The van der Waals surface area contributed by atoms with Crippen LogP contribution >= 0.6 is 0 Å². The molecule has 132 valence electrons. The summed E-state index contributed by atoms with van der Waals surface area (Å²) in [5, 5.41) is 0.144. The number of fused-ring (bicyclic) bond motifs is 1. The van der Waals surface area contributed by atoms with E-state index >= 15 is 0 Å². The lowest BCUT2D eigenvalue weighted by Gasteiger charge is -2.37. The minimum Gasteiger partial charge on any atom is -0.414 e. The average Bonchev–Trinajstić information content (AvgIpc) is 2.84. The van der Waals surface area contributed by atoms with Crippen LogP contribution in [0.3, 0.4) is 0 Å². The predicted octanol–water partition coefficient (Wildman–Crippen LogP) is 2.90. The third-order valence-electron chi connectivity index (χ3n) is 4.86. The van der Waals surface area contributed by atoms with Crippen molar-refractivity contribution in [3.8, 4) is 12.3 Å². The standard InChI is InChI=1S/C17H30O5Si/c1-9-10-18-13-12(11-19-23(7,8)16(2,3)4)20-15-14(13)21-17(5,6)22-15/h1,12-15H,10-11H2,2-8H3/t12-,13+,14-,15-/m1/s1. The number of ether oxygens (including phenoxy) is 4. The van der Waals surface area contributed by atoms with Crippen LogP contribution in [0.15, 0.2) is 0 Å². The second kappa shape index (κ2) is 6.47. The molecule has 0 amide bonds. The summed E-state index contributed by atoms with van der Waals surface area (Å²) in [6, 6.07) is 0. The molecule has 2 rings (SSSR count). The maximum atomic E-state index is 6.28. The molecule has 0 saturated carbocycles. The molecule has 2 aliphatic rings. The SMILES string of the molecule is C#CCO[C@@H]1[C@H]2OC(C)(C)O[C@H]2O[C@@H]1CO[Si](C)(C)C(C)(C)C. The Balaban J connectivity index is 2.03. The summed E-state index contributed by atoms with van der Waals surface area (Å²) in [6.07, 6.45) is 4.12. The predicted molar refractivity (Wildman–Crippen MR) is 90.4 cm³/mol. The molecule has 0 spiro atoms. The van der Waals surface area contributed by atoms with Crippen LogP contribution in [0.4, 0.5) is 0 Å². The smallest absolute Gasteiger partial charge is 0.192 e. The largest absolute Gasteiger partial charge is 0.414 e. The van der Waals surface area contributed by atoms with E-state index in [1.54, 1.807) is 0 Å². The van der Waals surface area contributed by atoms with E-state index in [4.69, 9.17) is 29.8 Å². The van der Waals surface area contributed by atoms with E-state index in [1.165, 1.54) is 0 Å². The number of hydrogen-bond donors (Lipinski definition) is 0. The molecule has 0 aromatic carbocycles. The molecule has 2 saturated heterocycles. The van der Waals surface area contributed by atoms with Gasteiger partial charge in [0.15, 0.2) is 20.4 Å². The van der Waals surface area contributed by atoms with Gasteiger partial charge in [0, 0.05) is 0 Å². The molecule has 6 heteroatoms. The summed E-state index contributed by atoms with van der Waals surface area (Å²) >= 11 is 0. The van der Waals surface area contributed by atoms with E-state index in [2.05, 4.69) is 39.8 Å². The summed E-state index contributed by atoms with van der Waals surface area (Å²) in [5.74, 6) is 1.84. The molecule has 0 radical (unpaired) electrons. The van der Waals surface area contributed by atoms with Crippen molar-refractivity contribution in [2.24, 2.45) is 0 Å². The molecule has 4 atom stereocenters. The summed E-state index contributed by atoms with van der Waals surface area (Å²) in [6.45, 7) is 15.5. The molecule has 0 aliphatic carbocycles. The molecule has 2 aliphatic heterocycles. The van der Waals surface area contributed by atoms with Crippen molar-refractivity contribution in [1.29, 1.82) is 0 Å². The zero-order valence-electron chi connectivity index (χ0n) is 15.3. The van der Waals surface area contributed by atoms with E-state index in [0.717, 1.165) is 0 Å². The quantitative estimate of drug-likeness (QED) is 0.568. The van der Waals surface area contributed by atoms with Gasteiger partial charge in [-0.25, -0.2) is 0 Å². The summed E-state index contributed by atoms with van der Waals surface area (Å²) in [5.41, 5.74) is 0. The Hall–Kier alpha value is -0.423. The van der Waals surface area contributed by atoms with Gasteiger partial charge in [0.05, 0.1) is 6.61 Å². The van der Waals surface area contributed by atoms with Crippen LogP contribution in [0.5, 0.6) is 0 Å². The van der Waals surface area contributed by atoms with Gasteiger partial charge in [-0.1, -0.05) is 26.7 Å². The summed E-state index contributed by atoms with van der Waals surface area (Å²) < 4.78 is 29.8. The zero-order valence-corrected chi connectivity index (χ0v) is 16.3. The van der Waals surface area contributed by atoms with Crippen molar-refractivity contribution in [3.05, 3.63) is 0 Å². The lowest BCUT2D eigenvalue weighted by atomic mass is 10.1. The topological polar surface area (TPSA) is 46.2 Å². The van der Waals surface area contributed by atoms with Crippen molar-refractivity contribution in [1.82, 2.24) is 0 Å². The maximum absolute atomic E-state index is 6.28. The van der Waals surface area contributed by atoms with Gasteiger partial charge < -0.3 is 23.4 Å². The van der Waals surface area contributed by atoms with Crippen molar-refractivity contribution in [3.63, 3.8) is 0 Å². The first kappa shape index (κ1) is 18.9. The van der Waals surface area contributed by atoms with Crippen LogP contribution in [0.2, 0.25) is 18.1 Å². The highest BCUT2D eigenvalue weighted by atomic mass is 28.4. The van der Waals surface area contributed by atoms with E-state index in [0.29, 0.717) is 6.61 Å². The fourth-order valence-corrected chi connectivity index (χ4v) is 3.55. The van der Waals surface area contributed by atoms with E-state index < -0.39 is 20.4 Å². The monoisotopic (exact) mass is 342 g/mol. The molecule has 0 N–H and O–H groups in total. The number of terminal acetylenes is 1. The molecule has 2 fully saturated rings. The van der Waals surface area contributed by atoms with Crippen LogP contribution in [0.1, 0.15) is 34.6 Å². The van der Waals surface area contributed by atoms with Crippen LogP contribution in [-0.2, 0) is 23.4 Å². The summed E-state index contributed by atoms with van der Waals surface area (Å²) in [4.78, 5) is 0. The fourth-order valence-electron chi connectivity index (χ4n) is 2.53. The minimum absolute atomic E-state index is 0.144. The van der Waals surface area contributed by atoms with Gasteiger partial charge >= 0.3 is 0 Å². The molecule has 0 aromatic rings. The normalized spacial score (nSPS) is 33.5. The zero-order chi connectivity index (χ0) is 17.5. The van der Waals surface area contributed by atoms with E-state index in [1.807, 2.05) is 13.8 Å². The van der Waals surface area contributed by atoms with Gasteiger partial charge in [0.25, 0.3) is 0 Å². The van der Waals surface area contributed by atoms with Crippen molar-refractivity contribution < 1.29 is 23.4 Å². The van der Waals surface area contributed by atoms with Crippen LogP contribution in [-0.4, -0.2) is 51.9 Å². The van der Waals surface area contributed by atoms with Crippen molar-refractivity contribution in [2.45, 2.75) is 83.1 Å². The second-order valence-electron chi connectivity index (χ2n) is 8.19. The Morgan fingerprint density at radius 3 is 2.43 bits per heavy atom. The Bertz CT molecular complexity index is 463. The van der Waals surface area contributed by atoms with Crippen LogP contribution in [0.25, 0.3) is 0 Å². The molecular formula is C17H30O5Si. The van der Waals surface area contributed by atoms with E-state index in [-0.39, 0.29) is 30.0 Å².